The van der Waals surface area contributed by atoms with Crippen LogP contribution < -0.4 is 5.69 Å². The van der Waals surface area contributed by atoms with E-state index in [1.807, 2.05) is 29.8 Å². The molecule has 2 aliphatic heterocycles. The number of imidazole rings is 1. The molecule has 2 fully saturated rings. The molecule has 0 N–H and O–H groups in total. The molecule has 12 heteroatoms. The molecular formula is C25H25F3N6O2S. The minimum Gasteiger partial charge on any atom is -0.379 e. The van der Waals surface area contributed by atoms with E-state index >= 15 is 0 Å². The van der Waals surface area contributed by atoms with Crippen LogP contribution in [0.25, 0.3) is 11.2 Å². The fourth-order valence-electron chi connectivity index (χ4n) is 5.05. The van der Waals surface area contributed by atoms with E-state index in [0.717, 1.165) is 34.0 Å². The van der Waals surface area contributed by atoms with Gasteiger partial charge in [-0.2, -0.15) is 13.2 Å². The highest BCUT2D eigenvalue weighted by atomic mass is 32.2. The van der Waals surface area contributed by atoms with Crippen LogP contribution >= 0.6 is 11.8 Å². The zero-order valence-electron chi connectivity index (χ0n) is 20.1. The lowest BCUT2D eigenvalue weighted by atomic mass is 9.75. The van der Waals surface area contributed by atoms with Crippen LogP contribution in [0.5, 0.6) is 0 Å². The molecule has 1 aromatic carbocycles. The summed E-state index contributed by atoms with van der Waals surface area (Å²) in [5.41, 5.74) is 0.0362. The maximum absolute atomic E-state index is 14.1. The molecule has 6 rings (SSSR count). The first kappa shape index (κ1) is 24.3. The van der Waals surface area contributed by atoms with Gasteiger partial charge in [-0.3, -0.25) is 13.9 Å². The van der Waals surface area contributed by atoms with Crippen LogP contribution in [0.1, 0.15) is 22.5 Å². The molecule has 0 saturated carbocycles. The van der Waals surface area contributed by atoms with Gasteiger partial charge in [-0.15, -0.1) is 22.0 Å². The predicted molar refractivity (Wildman–Crippen MR) is 133 cm³/mol. The van der Waals surface area contributed by atoms with Crippen molar-refractivity contribution in [1.82, 2.24) is 28.6 Å². The van der Waals surface area contributed by atoms with Crippen LogP contribution in [0.4, 0.5) is 13.2 Å². The number of pyridine rings is 1. The second kappa shape index (κ2) is 9.03. The van der Waals surface area contributed by atoms with Gasteiger partial charge in [-0.1, -0.05) is 12.1 Å². The van der Waals surface area contributed by atoms with Crippen LogP contribution in [-0.4, -0.2) is 60.0 Å². The molecule has 4 aromatic rings. The molecule has 2 saturated heterocycles. The number of thioether (sulfide) groups is 1. The Morgan fingerprint density at radius 2 is 2.03 bits per heavy atom. The van der Waals surface area contributed by atoms with Gasteiger partial charge in [0.15, 0.2) is 0 Å². The van der Waals surface area contributed by atoms with Gasteiger partial charge in [0.2, 0.25) is 0 Å². The van der Waals surface area contributed by atoms with Gasteiger partial charge in [0.1, 0.15) is 12.2 Å². The first-order valence-corrected chi connectivity index (χ1v) is 13.0. The Morgan fingerprint density at radius 1 is 1.19 bits per heavy atom. The predicted octanol–water partition coefficient (Wildman–Crippen LogP) is 3.25. The quantitative estimate of drug-likeness (QED) is 0.381. The molecule has 0 radical (unpaired) electrons. The maximum Gasteiger partial charge on any atom is 0.418 e. The van der Waals surface area contributed by atoms with Gasteiger partial charge in [0.25, 0.3) is 0 Å². The standard InChI is InChI=1S/C25H25F3N6O2S/c1-31-15-29-30-22(31)9-24(13-36-14-24)18-3-2-4-19(8-18)33-12-21-20(25(26,27)28)7-17(11-34(21)23(33)35)10-32-5-6-37-16-32/h2-4,7-8,11-12,15H,5-6,9-10,13-14,16H2,1H3. The van der Waals surface area contributed by atoms with Crippen LogP contribution in [0.2, 0.25) is 0 Å². The Bertz CT molecular complexity index is 1510. The third-order valence-corrected chi connectivity index (χ3v) is 8.18. The number of halogens is 3. The summed E-state index contributed by atoms with van der Waals surface area (Å²) in [5.74, 6) is 2.52. The average Bonchev–Trinajstić information content (AvgIpc) is 3.57. The van der Waals surface area contributed by atoms with Gasteiger partial charge < -0.3 is 9.30 Å². The summed E-state index contributed by atoms with van der Waals surface area (Å²) >= 11 is 1.74. The monoisotopic (exact) mass is 530 g/mol. The number of hydrogen-bond donors (Lipinski definition) is 0. The summed E-state index contributed by atoms with van der Waals surface area (Å²) in [7, 11) is 1.88. The van der Waals surface area contributed by atoms with Crippen molar-refractivity contribution in [3.63, 3.8) is 0 Å². The third-order valence-electron chi connectivity index (χ3n) is 7.16. The fourth-order valence-corrected chi connectivity index (χ4v) is 6.05. The topological polar surface area (TPSA) is 69.6 Å². The number of alkyl halides is 3. The molecule has 8 nitrogen and oxygen atoms in total. The highest BCUT2D eigenvalue weighted by Gasteiger charge is 2.42. The molecule has 0 bridgehead atoms. The van der Waals surface area contributed by atoms with Gasteiger partial charge in [0, 0.05) is 56.0 Å². The maximum atomic E-state index is 14.1. The Labute approximate surface area is 214 Å². The lowest BCUT2D eigenvalue weighted by Crippen LogP contribution is -2.49. The zero-order chi connectivity index (χ0) is 25.8. The molecule has 0 aliphatic carbocycles. The van der Waals surface area contributed by atoms with Crippen molar-refractivity contribution < 1.29 is 17.9 Å². The van der Waals surface area contributed by atoms with E-state index in [1.165, 1.54) is 23.0 Å². The highest BCUT2D eigenvalue weighted by molar-refractivity contribution is 7.99. The summed E-state index contributed by atoms with van der Waals surface area (Å²) in [6.45, 7) is 2.13. The van der Waals surface area contributed by atoms with E-state index in [-0.39, 0.29) is 10.9 Å². The van der Waals surface area contributed by atoms with Crippen LogP contribution in [0.15, 0.2) is 53.8 Å². The van der Waals surface area contributed by atoms with Gasteiger partial charge in [-0.25, -0.2) is 4.79 Å². The van der Waals surface area contributed by atoms with E-state index in [9.17, 15) is 18.0 Å². The van der Waals surface area contributed by atoms with Crippen molar-refractivity contribution in [2.75, 3.05) is 31.4 Å². The summed E-state index contributed by atoms with van der Waals surface area (Å²) in [6, 6.07) is 8.53. The van der Waals surface area contributed by atoms with E-state index in [4.69, 9.17) is 4.74 Å². The lowest BCUT2D eigenvalue weighted by molar-refractivity contribution is -0.136. The van der Waals surface area contributed by atoms with Gasteiger partial charge in [-0.05, 0) is 29.3 Å². The molecule has 37 heavy (non-hydrogen) atoms. The minimum atomic E-state index is -4.59. The number of aromatic nitrogens is 5. The molecule has 194 valence electrons. The number of nitrogens with zero attached hydrogens (tertiary/aromatic N) is 6. The normalized spacial score (nSPS) is 17.9. The third kappa shape index (κ3) is 4.36. The van der Waals surface area contributed by atoms with E-state index in [0.29, 0.717) is 37.4 Å². The number of aryl methyl sites for hydroxylation is 1. The molecule has 0 atom stereocenters. The van der Waals surface area contributed by atoms with Gasteiger partial charge >= 0.3 is 11.9 Å². The molecule has 2 aliphatic rings. The van der Waals surface area contributed by atoms with Crippen molar-refractivity contribution in [1.29, 1.82) is 0 Å². The number of rotatable bonds is 6. The summed E-state index contributed by atoms with van der Waals surface area (Å²) in [5, 5.41) is 8.15. The Hall–Kier alpha value is -3.09. The molecule has 3 aromatic heterocycles. The average molecular weight is 531 g/mol. The van der Waals surface area contributed by atoms with Crippen molar-refractivity contribution in [3.05, 3.63) is 82.1 Å². The first-order valence-electron chi connectivity index (χ1n) is 11.9. The summed E-state index contributed by atoms with van der Waals surface area (Å²) in [4.78, 5) is 15.5. The molecular weight excluding hydrogens is 505 g/mol. The Morgan fingerprint density at radius 3 is 2.68 bits per heavy atom. The van der Waals surface area contributed by atoms with Crippen LogP contribution in [0, 0.1) is 0 Å². The van der Waals surface area contributed by atoms with Crippen molar-refractivity contribution >= 4 is 17.3 Å². The molecule has 0 spiro atoms. The first-order chi connectivity index (χ1) is 17.7. The number of hydrogen-bond acceptors (Lipinski definition) is 6. The number of ether oxygens (including phenoxy) is 1. The van der Waals surface area contributed by atoms with E-state index in [1.54, 1.807) is 24.2 Å². The number of benzene rings is 1. The second-order valence-electron chi connectivity index (χ2n) is 9.74. The number of fused-ring (bicyclic) bond motifs is 1. The summed E-state index contributed by atoms with van der Waals surface area (Å²) in [6.07, 6.45) is 0.458. The molecule has 0 amide bonds. The highest BCUT2D eigenvalue weighted by Crippen LogP contribution is 2.37. The lowest BCUT2D eigenvalue weighted by Gasteiger charge is -2.41. The van der Waals surface area contributed by atoms with Crippen molar-refractivity contribution in [2.45, 2.75) is 24.6 Å². The van der Waals surface area contributed by atoms with Crippen molar-refractivity contribution in [3.8, 4) is 5.69 Å². The largest absolute Gasteiger partial charge is 0.418 e. The van der Waals surface area contributed by atoms with Crippen LogP contribution in [-0.2, 0) is 36.3 Å². The second-order valence-corrected chi connectivity index (χ2v) is 10.8. The van der Waals surface area contributed by atoms with Crippen LogP contribution in [0.3, 0.4) is 0 Å². The SMILES string of the molecule is Cn1cnnc1CC1(c2cccc(-n3cc4c(C(F)(F)F)cc(CN5CCSC5)cn4c3=O)c2)COC1. The smallest absolute Gasteiger partial charge is 0.379 e. The Kier molecular flexibility index (Phi) is 5.92. The van der Waals surface area contributed by atoms with E-state index < -0.39 is 17.4 Å². The van der Waals surface area contributed by atoms with E-state index in [2.05, 4.69) is 15.1 Å². The van der Waals surface area contributed by atoms with Gasteiger partial charge in [0.05, 0.1) is 30.0 Å². The molecule has 0 unspecified atom stereocenters. The zero-order valence-corrected chi connectivity index (χ0v) is 20.9. The summed E-state index contributed by atoms with van der Waals surface area (Å²) < 4.78 is 52.0. The van der Waals surface area contributed by atoms with Crippen molar-refractivity contribution in [2.24, 2.45) is 7.05 Å². The fraction of sp³-hybridized carbons (Fsp3) is 0.400. The minimum absolute atomic E-state index is 0.164. The Balaban J connectivity index is 1.42. The molecule has 5 heterocycles.